The van der Waals surface area contributed by atoms with E-state index >= 15 is 0 Å². The van der Waals surface area contributed by atoms with Crippen LogP contribution in [0.4, 0.5) is 0 Å². The first-order valence-electron chi connectivity index (χ1n) is 3.31. The molecule has 0 amide bonds. The zero-order valence-electron chi connectivity index (χ0n) is 6.17. The van der Waals surface area contributed by atoms with E-state index in [0.717, 1.165) is 0 Å². The van der Waals surface area contributed by atoms with Gasteiger partial charge in [0.1, 0.15) is 5.71 Å². The molecule has 5 heteroatoms. The second kappa shape index (κ2) is 5.82. The summed E-state index contributed by atoms with van der Waals surface area (Å²) in [5.74, 6) is 3.73. The zero-order valence-corrected chi connectivity index (χ0v) is 6.17. The van der Waals surface area contributed by atoms with Gasteiger partial charge in [0, 0.05) is 6.61 Å². The number of nitrogens with one attached hydrogen (secondary N) is 1. The molecule has 0 aromatic carbocycles. The molecule has 0 unspecified atom stereocenters. The van der Waals surface area contributed by atoms with Crippen LogP contribution in [0.3, 0.4) is 0 Å². The van der Waals surface area contributed by atoms with E-state index in [1.807, 2.05) is 0 Å². The average molecular weight is 160 g/mol. The molecule has 0 fully saturated rings. The number of unbranched alkanes of at least 4 members (excludes halogenated alkanes) is 1. The highest BCUT2D eigenvalue weighted by Gasteiger charge is 2.08. The fraction of sp³-hybridized carbons (Fsp3) is 0.667. The van der Waals surface area contributed by atoms with Gasteiger partial charge in [0.2, 0.25) is 0 Å². The number of carbonyl (C=O) groups is 1. The van der Waals surface area contributed by atoms with Crippen LogP contribution in [0.1, 0.15) is 19.3 Å². The fourth-order valence-electron chi connectivity index (χ4n) is 0.587. The summed E-state index contributed by atoms with van der Waals surface area (Å²) in [6.07, 6.45) is 1.49. The first kappa shape index (κ1) is 10.1. The highest BCUT2D eigenvalue weighted by atomic mass is 16.7. The van der Waals surface area contributed by atoms with E-state index in [2.05, 4.69) is 10.7 Å². The number of carbonyl (C=O) groups excluding carboxylic acids is 1. The second-order valence-corrected chi connectivity index (χ2v) is 2.06. The number of aliphatic hydroxyl groups excluding tert-OH is 1. The lowest BCUT2D eigenvalue weighted by Crippen LogP contribution is -2.19. The largest absolute Gasteiger partial charge is 0.396 e. The predicted octanol–water partition coefficient (Wildman–Crippen LogP) is -0.414. The smallest absolute Gasteiger partial charge is 0.370 e. The van der Waals surface area contributed by atoms with E-state index < -0.39 is 5.97 Å². The lowest BCUT2D eigenvalue weighted by atomic mass is 10.2. The summed E-state index contributed by atoms with van der Waals surface area (Å²) in [4.78, 5) is 14.3. The number of hydrogen-bond acceptors (Lipinski definition) is 5. The van der Waals surface area contributed by atoms with Gasteiger partial charge in [-0.05, 0) is 19.3 Å². The van der Waals surface area contributed by atoms with Crippen LogP contribution in [0.2, 0.25) is 0 Å². The highest BCUT2D eigenvalue weighted by molar-refractivity contribution is 6.34. The van der Waals surface area contributed by atoms with Gasteiger partial charge in [-0.2, -0.15) is 5.90 Å². The van der Waals surface area contributed by atoms with Crippen molar-refractivity contribution in [2.45, 2.75) is 19.3 Å². The van der Waals surface area contributed by atoms with Gasteiger partial charge in [-0.1, -0.05) is 0 Å². The van der Waals surface area contributed by atoms with Crippen molar-refractivity contribution in [2.24, 2.45) is 5.90 Å². The molecule has 0 atom stereocenters. The highest BCUT2D eigenvalue weighted by Crippen LogP contribution is 1.96. The Morgan fingerprint density at radius 2 is 2.18 bits per heavy atom. The van der Waals surface area contributed by atoms with Crippen molar-refractivity contribution in [3.63, 3.8) is 0 Å². The molecule has 0 aliphatic carbocycles. The molecule has 0 saturated carbocycles. The molecule has 64 valence electrons. The van der Waals surface area contributed by atoms with Gasteiger partial charge in [0.25, 0.3) is 0 Å². The zero-order chi connectivity index (χ0) is 8.69. The first-order valence-corrected chi connectivity index (χ1v) is 3.31. The minimum absolute atomic E-state index is 0.0744. The average Bonchev–Trinajstić information content (AvgIpc) is 2.03. The van der Waals surface area contributed by atoms with Crippen molar-refractivity contribution < 1.29 is 14.7 Å². The number of hydrogen-bond donors (Lipinski definition) is 3. The van der Waals surface area contributed by atoms with Crippen molar-refractivity contribution in [1.82, 2.24) is 0 Å². The molecule has 0 rings (SSSR count). The molecule has 0 aromatic heterocycles. The molecule has 5 nitrogen and oxygen atoms in total. The third-order valence-electron chi connectivity index (χ3n) is 1.19. The summed E-state index contributed by atoms with van der Waals surface area (Å²) in [5.41, 5.74) is -0.152. The monoisotopic (exact) mass is 160 g/mol. The SMILES string of the molecule is N=C(CCCCO)C(=O)ON. The number of nitrogens with two attached hydrogens (primary N) is 1. The third-order valence-corrected chi connectivity index (χ3v) is 1.19. The van der Waals surface area contributed by atoms with Crippen molar-refractivity contribution >= 4 is 11.7 Å². The van der Waals surface area contributed by atoms with Crippen LogP contribution in [-0.4, -0.2) is 23.4 Å². The quantitative estimate of drug-likeness (QED) is 0.289. The molecule has 11 heavy (non-hydrogen) atoms. The van der Waals surface area contributed by atoms with Gasteiger partial charge in [-0.3, -0.25) is 5.41 Å². The summed E-state index contributed by atoms with van der Waals surface area (Å²) < 4.78 is 0. The van der Waals surface area contributed by atoms with Gasteiger partial charge < -0.3 is 9.94 Å². The minimum atomic E-state index is -0.803. The summed E-state index contributed by atoms with van der Waals surface area (Å²) in [6.45, 7) is 0.0744. The van der Waals surface area contributed by atoms with Crippen molar-refractivity contribution in [2.75, 3.05) is 6.61 Å². The maximum atomic E-state index is 10.5. The van der Waals surface area contributed by atoms with Gasteiger partial charge in [-0.15, -0.1) is 0 Å². The van der Waals surface area contributed by atoms with E-state index in [-0.39, 0.29) is 12.3 Å². The second-order valence-electron chi connectivity index (χ2n) is 2.06. The Bertz CT molecular complexity index is 147. The van der Waals surface area contributed by atoms with Gasteiger partial charge in [0.15, 0.2) is 0 Å². The summed E-state index contributed by atoms with van der Waals surface area (Å²) in [5, 5.41) is 15.4. The van der Waals surface area contributed by atoms with Crippen LogP contribution < -0.4 is 5.90 Å². The van der Waals surface area contributed by atoms with Crippen LogP contribution in [-0.2, 0) is 9.63 Å². The molecule has 0 radical (unpaired) electrons. The molecule has 0 spiro atoms. The minimum Gasteiger partial charge on any atom is -0.396 e. The van der Waals surface area contributed by atoms with Crippen molar-refractivity contribution in [3.05, 3.63) is 0 Å². The van der Waals surface area contributed by atoms with Crippen molar-refractivity contribution in [3.8, 4) is 0 Å². The van der Waals surface area contributed by atoms with Gasteiger partial charge in [0.05, 0.1) is 0 Å². The van der Waals surface area contributed by atoms with Crippen LogP contribution in [0, 0.1) is 5.41 Å². The molecular formula is C6H12N2O3. The molecule has 0 aromatic rings. The summed E-state index contributed by atoms with van der Waals surface area (Å²) in [7, 11) is 0. The molecule has 4 N–H and O–H groups in total. The van der Waals surface area contributed by atoms with Gasteiger partial charge >= 0.3 is 5.97 Å². The Morgan fingerprint density at radius 1 is 1.55 bits per heavy atom. The maximum Gasteiger partial charge on any atom is 0.370 e. The molecular weight excluding hydrogens is 148 g/mol. The Labute approximate surface area is 64.6 Å². The Balaban J connectivity index is 3.44. The normalized spacial score (nSPS) is 9.27. The summed E-state index contributed by atoms with van der Waals surface area (Å²) >= 11 is 0. The molecule has 0 aliphatic heterocycles. The van der Waals surface area contributed by atoms with E-state index in [1.165, 1.54) is 0 Å². The van der Waals surface area contributed by atoms with E-state index in [0.29, 0.717) is 19.3 Å². The van der Waals surface area contributed by atoms with Crippen LogP contribution >= 0.6 is 0 Å². The Hall–Kier alpha value is -0.940. The third kappa shape index (κ3) is 4.46. The van der Waals surface area contributed by atoms with E-state index in [9.17, 15) is 4.79 Å². The number of rotatable bonds is 5. The molecule has 0 bridgehead atoms. The van der Waals surface area contributed by atoms with E-state index in [4.69, 9.17) is 10.5 Å². The van der Waals surface area contributed by atoms with Crippen molar-refractivity contribution in [1.29, 1.82) is 5.41 Å². The number of aliphatic hydroxyl groups is 1. The van der Waals surface area contributed by atoms with E-state index in [1.54, 1.807) is 0 Å². The Kier molecular flexibility index (Phi) is 5.32. The molecule has 0 aliphatic rings. The molecule has 0 heterocycles. The van der Waals surface area contributed by atoms with Gasteiger partial charge in [-0.25, -0.2) is 4.79 Å². The topological polar surface area (TPSA) is 96.4 Å². The lowest BCUT2D eigenvalue weighted by molar-refractivity contribution is -0.136. The maximum absolute atomic E-state index is 10.5. The van der Waals surface area contributed by atoms with Crippen LogP contribution in [0.5, 0.6) is 0 Å². The van der Waals surface area contributed by atoms with Crippen LogP contribution in [0.15, 0.2) is 0 Å². The van der Waals surface area contributed by atoms with Crippen LogP contribution in [0.25, 0.3) is 0 Å². The fourth-order valence-corrected chi connectivity index (χ4v) is 0.587. The molecule has 0 saturated heterocycles. The standard InChI is InChI=1S/C6H12N2O3/c7-5(6(10)11-8)3-1-2-4-9/h7,9H,1-4,8H2. The predicted molar refractivity (Wildman–Crippen MR) is 38.9 cm³/mol. The summed E-state index contributed by atoms with van der Waals surface area (Å²) in [6, 6.07) is 0. The Morgan fingerprint density at radius 3 is 2.64 bits per heavy atom. The lowest BCUT2D eigenvalue weighted by Gasteiger charge is -1.98. The first-order chi connectivity index (χ1) is 5.22.